The van der Waals surface area contributed by atoms with Crippen molar-refractivity contribution in [1.82, 2.24) is 25.3 Å². The van der Waals surface area contributed by atoms with E-state index in [4.69, 9.17) is 5.73 Å². The number of nitrogens with zero attached hydrogens (tertiary/aromatic N) is 4. The van der Waals surface area contributed by atoms with Gasteiger partial charge >= 0.3 is 0 Å². The van der Waals surface area contributed by atoms with Crippen LogP contribution in [-0.2, 0) is 0 Å². The van der Waals surface area contributed by atoms with Crippen molar-refractivity contribution in [2.75, 3.05) is 13.1 Å². The first kappa shape index (κ1) is 15.1. The molecule has 1 aromatic carbocycles. The Morgan fingerprint density at radius 3 is 3.00 bits per heavy atom. The Hall–Kier alpha value is -2.80. The first-order chi connectivity index (χ1) is 11.2. The summed E-state index contributed by atoms with van der Waals surface area (Å²) in [6.45, 7) is 2.89. The van der Waals surface area contributed by atoms with Gasteiger partial charge in [-0.1, -0.05) is 11.3 Å². The second-order valence-corrected chi connectivity index (χ2v) is 5.18. The molecule has 0 spiro atoms. The molecule has 7 heteroatoms. The van der Waals surface area contributed by atoms with Gasteiger partial charge in [0, 0.05) is 18.1 Å². The van der Waals surface area contributed by atoms with Gasteiger partial charge in [0.15, 0.2) is 5.69 Å². The van der Waals surface area contributed by atoms with Gasteiger partial charge in [-0.05, 0) is 44.2 Å². The molecule has 0 radical (unpaired) electrons. The van der Waals surface area contributed by atoms with Crippen LogP contribution in [0.25, 0.3) is 16.6 Å². The molecule has 3 aromatic rings. The molecule has 23 heavy (non-hydrogen) atoms. The van der Waals surface area contributed by atoms with Crippen LogP contribution in [0, 0.1) is 6.92 Å². The monoisotopic (exact) mass is 310 g/mol. The number of benzene rings is 1. The van der Waals surface area contributed by atoms with Crippen LogP contribution >= 0.6 is 0 Å². The minimum absolute atomic E-state index is 0.236. The Bertz CT molecular complexity index is 836. The molecular formula is C16H18N6O. The van der Waals surface area contributed by atoms with E-state index in [0.29, 0.717) is 24.5 Å². The normalized spacial score (nSPS) is 10.9. The van der Waals surface area contributed by atoms with Gasteiger partial charge in [0.05, 0.1) is 16.9 Å². The van der Waals surface area contributed by atoms with Crippen molar-refractivity contribution in [2.24, 2.45) is 5.73 Å². The molecule has 0 aliphatic rings. The van der Waals surface area contributed by atoms with Crippen LogP contribution in [0.2, 0.25) is 0 Å². The molecule has 0 saturated heterocycles. The lowest BCUT2D eigenvalue weighted by Crippen LogP contribution is -2.27. The summed E-state index contributed by atoms with van der Waals surface area (Å²) in [6.07, 6.45) is 2.48. The first-order valence-electron chi connectivity index (χ1n) is 7.47. The number of pyridine rings is 1. The molecule has 0 aliphatic heterocycles. The van der Waals surface area contributed by atoms with E-state index in [1.165, 1.54) is 0 Å². The molecule has 0 atom stereocenters. The third-order valence-electron chi connectivity index (χ3n) is 3.63. The van der Waals surface area contributed by atoms with E-state index in [1.54, 1.807) is 10.9 Å². The summed E-state index contributed by atoms with van der Waals surface area (Å²) in [4.78, 5) is 16.5. The standard InChI is InChI=1S/C16H18N6O/c1-11-15(16(23)19-10-4-8-17)20-21-22(11)14-7-2-6-13-12(14)5-3-9-18-13/h2-3,5-7,9H,4,8,10,17H2,1H3,(H,19,23). The highest BCUT2D eigenvalue weighted by Gasteiger charge is 2.17. The van der Waals surface area contributed by atoms with Crippen LogP contribution in [0.15, 0.2) is 36.5 Å². The molecule has 3 N–H and O–H groups in total. The highest BCUT2D eigenvalue weighted by molar-refractivity contribution is 5.93. The molecule has 118 valence electrons. The lowest BCUT2D eigenvalue weighted by atomic mass is 10.2. The van der Waals surface area contributed by atoms with Gasteiger partial charge in [0.25, 0.3) is 5.91 Å². The number of fused-ring (bicyclic) bond motifs is 1. The Kier molecular flexibility index (Phi) is 4.29. The number of carbonyl (C=O) groups is 1. The molecule has 0 aliphatic carbocycles. The summed E-state index contributed by atoms with van der Waals surface area (Å²) in [6, 6.07) is 9.62. The fourth-order valence-electron chi connectivity index (χ4n) is 2.43. The Morgan fingerprint density at radius 2 is 2.17 bits per heavy atom. The zero-order chi connectivity index (χ0) is 16.2. The minimum Gasteiger partial charge on any atom is -0.351 e. The maximum absolute atomic E-state index is 12.2. The number of nitrogens with two attached hydrogens (primary N) is 1. The average molecular weight is 310 g/mol. The third-order valence-corrected chi connectivity index (χ3v) is 3.63. The topological polar surface area (TPSA) is 98.7 Å². The Labute approximate surface area is 133 Å². The van der Waals surface area contributed by atoms with Crippen LogP contribution in [0.4, 0.5) is 0 Å². The number of aromatic nitrogens is 4. The largest absolute Gasteiger partial charge is 0.351 e. The van der Waals surface area contributed by atoms with Gasteiger partial charge in [-0.2, -0.15) is 0 Å². The molecule has 0 unspecified atom stereocenters. The van der Waals surface area contributed by atoms with Gasteiger partial charge in [-0.3, -0.25) is 9.78 Å². The van der Waals surface area contributed by atoms with Crippen LogP contribution in [0.5, 0.6) is 0 Å². The van der Waals surface area contributed by atoms with Crippen LogP contribution in [-0.4, -0.2) is 39.0 Å². The van der Waals surface area contributed by atoms with Gasteiger partial charge in [-0.25, -0.2) is 4.68 Å². The number of hydrogen-bond donors (Lipinski definition) is 2. The smallest absolute Gasteiger partial charge is 0.273 e. The number of nitrogens with one attached hydrogen (secondary N) is 1. The van der Waals surface area contributed by atoms with E-state index in [0.717, 1.165) is 23.0 Å². The number of carbonyl (C=O) groups excluding carboxylic acids is 1. The van der Waals surface area contributed by atoms with Crippen molar-refractivity contribution in [2.45, 2.75) is 13.3 Å². The molecule has 7 nitrogen and oxygen atoms in total. The summed E-state index contributed by atoms with van der Waals surface area (Å²) in [7, 11) is 0. The Balaban J connectivity index is 1.97. The van der Waals surface area contributed by atoms with Gasteiger partial charge < -0.3 is 11.1 Å². The average Bonchev–Trinajstić information content (AvgIpc) is 2.96. The maximum Gasteiger partial charge on any atom is 0.273 e. The van der Waals surface area contributed by atoms with Crippen molar-refractivity contribution in [3.05, 3.63) is 47.9 Å². The summed E-state index contributed by atoms with van der Waals surface area (Å²) >= 11 is 0. The van der Waals surface area contributed by atoms with Gasteiger partial charge in [-0.15, -0.1) is 5.10 Å². The molecule has 2 aromatic heterocycles. The maximum atomic E-state index is 12.2. The molecule has 2 heterocycles. The zero-order valence-electron chi connectivity index (χ0n) is 12.9. The second kappa shape index (κ2) is 6.53. The molecule has 0 fully saturated rings. The SMILES string of the molecule is Cc1c(C(=O)NCCCN)nnn1-c1cccc2ncccc12. The lowest BCUT2D eigenvalue weighted by Gasteiger charge is -2.07. The second-order valence-electron chi connectivity index (χ2n) is 5.18. The predicted molar refractivity (Wildman–Crippen MR) is 87.4 cm³/mol. The minimum atomic E-state index is -0.236. The van der Waals surface area contributed by atoms with Crippen molar-refractivity contribution >= 4 is 16.8 Å². The first-order valence-corrected chi connectivity index (χ1v) is 7.47. The fourth-order valence-corrected chi connectivity index (χ4v) is 2.43. The molecule has 1 amide bonds. The number of amides is 1. The van der Waals surface area contributed by atoms with Gasteiger partial charge in [0.2, 0.25) is 0 Å². The highest BCUT2D eigenvalue weighted by atomic mass is 16.2. The van der Waals surface area contributed by atoms with E-state index in [-0.39, 0.29) is 5.91 Å². The summed E-state index contributed by atoms with van der Waals surface area (Å²) in [5.41, 5.74) is 8.15. The summed E-state index contributed by atoms with van der Waals surface area (Å²) < 4.78 is 1.67. The molecule has 3 rings (SSSR count). The fraction of sp³-hybridized carbons (Fsp3) is 0.250. The lowest BCUT2D eigenvalue weighted by molar-refractivity contribution is 0.0948. The van der Waals surface area contributed by atoms with Crippen LogP contribution < -0.4 is 11.1 Å². The molecule has 0 saturated carbocycles. The van der Waals surface area contributed by atoms with Crippen molar-refractivity contribution < 1.29 is 4.79 Å². The number of hydrogen-bond acceptors (Lipinski definition) is 5. The van der Waals surface area contributed by atoms with Crippen molar-refractivity contribution in [1.29, 1.82) is 0 Å². The quantitative estimate of drug-likeness (QED) is 0.690. The van der Waals surface area contributed by atoms with Crippen LogP contribution in [0.3, 0.4) is 0 Å². The summed E-state index contributed by atoms with van der Waals surface area (Å²) in [5.74, 6) is -0.236. The van der Waals surface area contributed by atoms with E-state index in [2.05, 4.69) is 20.6 Å². The van der Waals surface area contributed by atoms with E-state index < -0.39 is 0 Å². The molecular weight excluding hydrogens is 292 g/mol. The van der Waals surface area contributed by atoms with Gasteiger partial charge in [0.1, 0.15) is 0 Å². The third kappa shape index (κ3) is 2.91. The highest BCUT2D eigenvalue weighted by Crippen LogP contribution is 2.21. The van der Waals surface area contributed by atoms with Crippen molar-refractivity contribution in [3.63, 3.8) is 0 Å². The predicted octanol–water partition coefficient (Wildman–Crippen LogP) is 1.20. The van der Waals surface area contributed by atoms with E-state index in [9.17, 15) is 4.79 Å². The van der Waals surface area contributed by atoms with E-state index >= 15 is 0 Å². The molecule has 0 bridgehead atoms. The zero-order valence-corrected chi connectivity index (χ0v) is 12.9. The van der Waals surface area contributed by atoms with Crippen molar-refractivity contribution in [3.8, 4) is 5.69 Å². The van der Waals surface area contributed by atoms with Crippen LogP contribution in [0.1, 0.15) is 22.6 Å². The Morgan fingerprint density at radius 1 is 1.30 bits per heavy atom. The summed E-state index contributed by atoms with van der Waals surface area (Å²) in [5, 5.41) is 11.9. The number of rotatable bonds is 5. The van der Waals surface area contributed by atoms with E-state index in [1.807, 2.05) is 37.3 Å².